The highest BCUT2D eigenvalue weighted by atomic mass is 14.9. The summed E-state index contributed by atoms with van der Waals surface area (Å²) in [7, 11) is 0. The van der Waals surface area contributed by atoms with Gasteiger partial charge in [-0.2, -0.15) is 0 Å². The van der Waals surface area contributed by atoms with E-state index in [9.17, 15) is 0 Å². The van der Waals surface area contributed by atoms with E-state index in [0.29, 0.717) is 0 Å². The van der Waals surface area contributed by atoms with Gasteiger partial charge in [-0.15, -0.1) is 0 Å². The zero-order valence-corrected chi connectivity index (χ0v) is 10.5. The molecule has 90 valence electrons. The van der Waals surface area contributed by atoms with Gasteiger partial charge in [0.15, 0.2) is 0 Å². The molecule has 3 heteroatoms. The van der Waals surface area contributed by atoms with Crippen LogP contribution in [0.3, 0.4) is 0 Å². The Bertz CT molecular complexity index is 440. The fourth-order valence-electron chi connectivity index (χ4n) is 1.99. The molecule has 0 fully saturated rings. The number of H-pyrrole nitrogens is 1. The topological polar surface area (TPSA) is 40.7 Å². The lowest BCUT2D eigenvalue weighted by molar-refractivity contribution is 0.676. The minimum Gasteiger partial charge on any atom is -0.348 e. The highest BCUT2D eigenvalue weighted by Gasteiger charge is 2.01. The van der Waals surface area contributed by atoms with Crippen molar-refractivity contribution in [1.82, 2.24) is 15.3 Å². The van der Waals surface area contributed by atoms with Crippen molar-refractivity contribution in [3.8, 4) is 0 Å². The van der Waals surface area contributed by atoms with Crippen LogP contribution < -0.4 is 5.32 Å². The van der Waals surface area contributed by atoms with Gasteiger partial charge in [-0.1, -0.05) is 18.2 Å². The van der Waals surface area contributed by atoms with Crippen LogP contribution in [-0.4, -0.2) is 16.5 Å². The van der Waals surface area contributed by atoms with Gasteiger partial charge in [0.1, 0.15) is 0 Å². The SMILES string of the molecule is Cc1cccc(C)c1CNCCc1cnc[nH]1. The minimum absolute atomic E-state index is 0.937. The van der Waals surface area contributed by atoms with Crippen molar-refractivity contribution in [3.63, 3.8) is 0 Å². The Hall–Kier alpha value is -1.61. The number of rotatable bonds is 5. The van der Waals surface area contributed by atoms with Gasteiger partial charge < -0.3 is 10.3 Å². The van der Waals surface area contributed by atoms with Crippen LogP contribution in [0, 0.1) is 13.8 Å². The van der Waals surface area contributed by atoms with Crippen LogP contribution in [0.25, 0.3) is 0 Å². The number of hydrogen-bond donors (Lipinski definition) is 2. The second-order valence-electron chi connectivity index (χ2n) is 4.37. The predicted octanol–water partition coefficient (Wildman–Crippen LogP) is 2.36. The maximum absolute atomic E-state index is 4.00. The highest BCUT2D eigenvalue weighted by Crippen LogP contribution is 2.12. The molecule has 0 radical (unpaired) electrons. The van der Waals surface area contributed by atoms with Gasteiger partial charge in [0.25, 0.3) is 0 Å². The Balaban J connectivity index is 1.82. The molecule has 0 aliphatic rings. The van der Waals surface area contributed by atoms with Crippen LogP contribution in [0.2, 0.25) is 0 Å². The number of nitrogens with one attached hydrogen (secondary N) is 2. The van der Waals surface area contributed by atoms with E-state index >= 15 is 0 Å². The molecule has 0 aliphatic carbocycles. The van der Waals surface area contributed by atoms with Gasteiger partial charge in [0.2, 0.25) is 0 Å². The zero-order chi connectivity index (χ0) is 12.1. The molecule has 1 heterocycles. The van der Waals surface area contributed by atoms with Crippen molar-refractivity contribution >= 4 is 0 Å². The molecule has 2 N–H and O–H groups in total. The summed E-state index contributed by atoms with van der Waals surface area (Å²) in [6.45, 7) is 6.24. The third-order valence-corrected chi connectivity index (χ3v) is 3.07. The summed E-state index contributed by atoms with van der Waals surface area (Å²) in [6, 6.07) is 6.44. The minimum atomic E-state index is 0.937. The Morgan fingerprint density at radius 3 is 2.65 bits per heavy atom. The third kappa shape index (κ3) is 3.17. The Morgan fingerprint density at radius 1 is 1.24 bits per heavy atom. The molecule has 2 rings (SSSR count). The molecule has 0 saturated heterocycles. The van der Waals surface area contributed by atoms with Crippen LogP contribution in [0.4, 0.5) is 0 Å². The van der Waals surface area contributed by atoms with Gasteiger partial charge in [-0.05, 0) is 30.5 Å². The summed E-state index contributed by atoms with van der Waals surface area (Å²) in [4.78, 5) is 7.11. The molecule has 0 bridgehead atoms. The first-order valence-corrected chi connectivity index (χ1v) is 6.00. The first kappa shape index (κ1) is 11.9. The summed E-state index contributed by atoms with van der Waals surface area (Å²) < 4.78 is 0. The summed E-state index contributed by atoms with van der Waals surface area (Å²) in [5.74, 6) is 0. The van der Waals surface area contributed by atoms with E-state index < -0.39 is 0 Å². The monoisotopic (exact) mass is 229 g/mol. The molecular weight excluding hydrogens is 210 g/mol. The Morgan fingerprint density at radius 2 is 2.00 bits per heavy atom. The molecule has 0 amide bonds. The fraction of sp³-hybridized carbons (Fsp3) is 0.357. The lowest BCUT2D eigenvalue weighted by Crippen LogP contribution is -2.18. The van der Waals surface area contributed by atoms with Crippen LogP contribution in [0.1, 0.15) is 22.4 Å². The quantitative estimate of drug-likeness (QED) is 0.773. The van der Waals surface area contributed by atoms with Crippen molar-refractivity contribution in [1.29, 1.82) is 0 Å². The Kier molecular flexibility index (Phi) is 3.94. The second-order valence-corrected chi connectivity index (χ2v) is 4.37. The van der Waals surface area contributed by atoms with E-state index in [1.165, 1.54) is 22.4 Å². The van der Waals surface area contributed by atoms with Crippen LogP contribution in [-0.2, 0) is 13.0 Å². The molecule has 1 aromatic heterocycles. The Labute approximate surface area is 102 Å². The molecule has 1 aromatic carbocycles. The molecule has 0 atom stereocenters. The van der Waals surface area contributed by atoms with Crippen molar-refractivity contribution in [3.05, 3.63) is 53.1 Å². The van der Waals surface area contributed by atoms with E-state index in [1.54, 1.807) is 6.33 Å². The maximum atomic E-state index is 4.00. The molecule has 17 heavy (non-hydrogen) atoms. The van der Waals surface area contributed by atoms with Crippen molar-refractivity contribution in [2.75, 3.05) is 6.54 Å². The van der Waals surface area contributed by atoms with Gasteiger partial charge in [0.05, 0.1) is 6.33 Å². The average molecular weight is 229 g/mol. The summed E-state index contributed by atoms with van der Waals surface area (Å²) in [5, 5.41) is 3.47. The average Bonchev–Trinajstić information content (AvgIpc) is 2.80. The van der Waals surface area contributed by atoms with E-state index in [0.717, 1.165) is 19.5 Å². The summed E-state index contributed by atoms with van der Waals surface area (Å²) in [5.41, 5.74) is 5.31. The maximum Gasteiger partial charge on any atom is 0.0921 e. The second kappa shape index (κ2) is 5.64. The number of aromatic amines is 1. The zero-order valence-electron chi connectivity index (χ0n) is 10.5. The molecule has 3 nitrogen and oxygen atoms in total. The fourth-order valence-corrected chi connectivity index (χ4v) is 1.99. The summed E-state index contributed by atoms with van der Waals surface area (Å²) in [6.07, 6.45) is 4.59. The highest BCUT2D eigenvalue weighted by molar-refractivity contribution is 5.33. The number of imidazole rings is 1. The van der Waals surface area contributed by atoms with Crippen molar-refractivity contribution in [2.24, 2.45) is 0 Å². The number of benzene rings is 1. The van der Waals surface area contributed by atoms with E-state index in [4.69, 9.17) is 0 Å². The lowest BCUT2D eigenvalue weighted by atomic mass is 10.0. The molecule has 2 aromatic rings. The number of nitrogens with zero attached hydrogens (tertiary/aromatic N) is 1. The van der Waals surface area contributed by atoms with E-state index in [2.05, 4.69) is 47.3 Å². The lowest BCUT2D eigenvalue weighted by Gasteiger charge is -2.10. The van der Waals surface area contributed by atoms with Gasteiger partial charge >= 0.3 is 0 Å². The van der Waals surface area contributed by atoms with Gasteiger partial charge in [-0.3, -0.25) is 0 Å². The third-order valence-electron chi connectivity index (χ3n) is 3.07. The molecule has 0 aliphatic heterocycles. The molecule has 0 saturated carbocycles. The summed E-state index contributed by atoms with van der Waals surface area (Å²) >= 11 is 0. The first-order valence-electron chi connectivity index (χ1n) is 6.00. The van der Waals surface area contributed by atoms with Crippen molar-refractivity contribution in [2.45, 2.75) is 26.8 Å². The van der Waals surface area contributed by atoms with Crippen LogP contribution >= 0.6 is 0 Å². The normalized spacial score (nSPS) is 10.7. The molecule has 0 spiro atoms. The smallest absolute Gasteiger partial charge is 0.0921 e. The van der Waals surface area contributed by atoms with Crippen LogP contribution in [0.15, 0.2) is 30.7 Å². The largest absolute Gasteiger partial charge is 0.348 e. The predicted molar refractivity (Wildman–Crippen MR) is 69.9 cm³/mol. The molecule has 0 unspecified atom stereocenters. The first-order chi connectivity index (χ1) is 8.27. The van der Waals surface area contributed by atoms with E-state index in [-0.39, 0.29) is 0 Å². The van der Waals surface area contributed by atoms with Gasteiger partial charge in [0, 0.05) is 31.4 Å². The molecular formula is C14H19N3. The van der Waals surface area contributed by atoms with Crippen LogP contribution in [0.5, 0.6) is 0 Å². The number of aromatic nitrogens is 2. The van der Waals surface area contributed by atoms with E-state index in [1.807, 2.05) is 6.20 Å². The van der Waals surface area contributed by atoms with Crippen molar-refractivity contribution < 1.29 is 0 Å². The van der Waals surface area contributed by atoms with Gasteiger partial charge in [-0.25, -0.2) is 4.98 Å². The number of hydrogen-bond acceptors (Lipinski definition) is 2. The number of aryl methyl sites for hydroxylation is 2. The standard InChI is InChI=1S/C14H19N3/c1-11-4-3-5-12(2)14(11)9-15-7-6-13-8-16-10-17-13/h3-5,8,10,15H,6-7,9H2,1-2H3,(H,16,17).